The lowest BCUT2D eigenvalue weighted by atomic mass is 10.2. The van der Waals surface area contributed by atoms with Crippen LogP contribution < -0.4 is 10.1 Å². The highest BCUT2D eigenvalue weighted by molar-refractivity contribution is 7.07. The highest BCUT2D eigenvalue weighted by Gasteiger charge is 2.06. The van der Waals surface area contributed by atoms with Gasteiger partial charge in [0.05, 0.1) is 4.92 Å². The van der Waals surface area contributed by atoms with E-state index in [9.17, 15) is 10.1 Å². The molecule has 0 saturated heterocycles. The van der Waals surface area contributed by atoms with Crippen molar-refractivity contribution in [2.24, 2.45) is 0 Å². The summed E-state index contributed by atoms with van der Waals surface area (Å²) in [5.74, 6) is 0.639. The van der Waals surface area contributed by atoms with Crippen LogP contribution in [0.1, 0.15) is 18.5 Å². The molecule has 0 aliphatic rings. The molecule has 0 radical (unpaired) electrons. The molecule has 5 nitrogen and oxygen atoms in total. The Morgan fingerprint density at radius 1 is 1.35 bits per heavy atom. The summed E-state index contributed by atoms with van der Waals surface area (Å²) >= 11 is 1.68. The second-order valence-electron chi connectivity index (χ2n) is 4.33. The molecule has 0 spiro atoms. The molecule has 1 unspecified atom stereocenters. The van der Waals surface area contributed by atoms with Gasteiger partial charge in [-0.15, -0.1) is 0 Å². The van der Waals surface area contributed by atoms with E-state index in [4.69, 9.17) is 4.74 Å². The second kappa shape index (κ2) is 7.02. The van der Waals surface area contributed by atoms with E-state index in [1.807, 2.05) is 0 Å². The molecule has 2 aromatic rings. The summed E-state index contributed by atoms with van der Waals surface area (Å²) in [5.41, 5.74) is 1.34. The normalized spacial score (nSPS) is 12.1. The number of nitrogens with one attached hydrogen (secondary N) is 1. The van der Waals surface area contributed by atoms with Gasteiger partial charge in [0, 0.05) is 24.7 Å². The van der Waals surface area contributed by atoms with E-state index < -0.39 is 4.92 Å². The van der Waals surface area contributed by atoms with Gasteiger partial charge in [0.15, 0.2) is 0 Å². The Kier molecular flexibility index (Phi) is 5.09. The van der Waals surface area contributed by atoms with E-state index in [2.05, 4.69) is 29.1 Å². The molecule has 106 valence electrons. The van der Waals surface area contributed by atoms with Gasteiger partial charge in [-0.1, -0.05) is 0 Å². The summed E-state index contributed by atoms with van der Waals surface area (Å²) in [7, 11) is 0. The molecule has 1 heterocycles. The summed E-state index contributed by atoms with van der Waals surface area (Å²) in [6.45, 7) is 3.34. The predicted molar refractivity (Wildman–Crippen MR) is 79.3 cm³/mol. The van der Waals surface area contributed by atoms with Crippen LogP contribution in [0.2, 0.25) is 0 Å². The fraction of sp³-hybridized carbons (Fsp3) is 0.286. The number of nitro groups is 1. The Balaban J connectivity index is 1.72. The molecule has 0 bridgehead atoms. The number of hydrogen-bond donors (Lipinski definition) is 1. The molecule has 0 aliphatic carbocycles. The van der Waals surface area contributed by atoms with Gasteiger partial charge in [-0.05, 0) is 41.4 Å². The van der Waals surface area contributed by atoms with Crippen LogP contribution in [-0.2, 0) is 0 Å². The maximum Gasteiger partial charge on any atom is 0.269 e. The first-order chi connectivity index (χ1) is 9.66. The quantitative estimate of drug-likeness (QED) is 0.482. The van der Waals surface area contributed by atoms with Crippen LogP contribution >= 0.6 is 11.3 Å². The van der Waals surface area contributed by atoms with Crippen molar-refractivity contribution in [3.05, 3.63) is 56.8 Å². The molecular weight excluding hydrogens is 276 g/mol. The van der Waals surface area contributed by atoms with Crippen molar-refractivity contribution in [2.45, 2.75) is 13.0 Å². The topological polar surface area (TPSA) is 64.4 Å². The summed E-state index contributed by atoms with van der Waals surface area (Å²) in [5, 5.41) is 18.1. The number of rotatable bonds is 7. The lowest BCUT2D eigenvalue weighted by Crippen LogP contribution is -2.24. The molecular formula is C14H16N2O3S. The Morgan fingerprint density at radius 2 is 2.10 bits per heavy atom. The smallest absolute Gasteiger partial charge is 0.269 e. The van der Waals surface area contributed by atoms with Crippen LogP contribution in [0.3, 0.4) is 0 Å². The van der Waals surface area contributed by atoms with Crippen LogP contribution in [0.5, 0.6) is 5.75 Å². The number of ether oxygens (including phenoxy) is 1. The number of thiophene rings is 1. The first-order valence-corrected chi connectivity index (χ1v) is 7.24. The molecule has 20 heavy (non-hydrogen) atoms. The van der Waals surface area contributed by atoms with Crippen molar-refractivity contribution in [3.63, 3.8) is 0 Å². The van der Waals surface area contributed by atoms with Gasteiger partial charge in [0.2, 0.25) is 0 Å². The van der Waals surface area contributed by atoms with E-state index in [1.165, 1.54) is 17.7 Å². The van der Waals surface area contributed by atoms with Crippen LogP contribution in [0.4, 0.5) is 5.69 Å². The fourth-order valence-electron chi connectivity index (χ4n) is 1.75. The third kappa shape index (κ3) is 4.04. The van der Waals surface area contributed by atoms with E-state index in [0.29, 0.717) is 24.9 Å². The highest BCUT2D eigenvalue weighted by Crippen LogP contribution is 2.17. The number of hydrogen-bond acceptors (Lipinski definition) is 5. The molecule has 0 saturated carbocycles. The molecule has 0 aliphatic heterocycles. The molecule has 1 N–H and O–H groups in total. The third-order valence-corrected chi connectivity index (χ3v) is 3.61. The lowest BCUT2D eigenvalue weighted by Gasteiger charge is -2.13. The van der Waals surface area contributed by atoms with E-state index in [-0.39, 0.29) is 5.69 Å². The molecule has 1 aromatic heterocycles. The highest BCUT2D eigenvalue weighted by atomic mass is 32.1. The minimum absolute atomic E-state index is 0.0709. The number of nitrogens with zero attached hydrogens (tertiary/aromatic N) is 1. The Hall–Kier alpha value is -1.92. The minimum Gasteiger partial charge on any atom is -0.492 e. The molecule has 1 atom stereocenters. The summed E-state index contributed by atoms with van der Waals surface area (Å²) in [4.78, 5) is 10.1. The Morgan fingerprint density at radius 3 is 2.70 bits per heavy atom. The molecule has 2 rings (SSSR count). The van der Waals surface area contributed by atoms with Gasteiger partial charge in [-0.3, -0.25) is 10.1 Å². The first-order valence-electron chi connectivity index (χ1n) is 6.29. The maximum atomic E-state index is 10.5. The van der Waals surface area contributed by atoms with Crippen LogP contribution in [0.25, 0.3) is 0 Å². The number of nitro benzene ring substituents is 1. The largest absolute Gasteiger partial charge is 0.492 e. The number of non-ortho nitro benzene ring substituents is 1. The molecule has 6 heteroatoms. The second-order valence-corrected chi connectivity index (χ2v) is 5.11. The Labute approximate surface area is 121 Å². The number of benzene rings is 1. The van der Waals surface area contributed by atoms with E-state index in [1.54, 1.807) is 23.5 Å². The van der Waals surface area contributed by atoms with Gasteiger partial charge in [-0.2, -0.15) is 11.3 Å². The zero-order chi connectivity index (χ0) is 14.4. The third-order valence-electron chi connectivity index (χ3n) is 2.91. The molecule has 0 amide bonds. The first kappa shape index (κ1) is 14.5. The monoisotopic (exact) mass is 292 g/mol. The van der Waals surface area contributed by atoms with Gasteiger partial charge in [0.25, 0.3) is 5.69 Å². The van der Waals surface area contributed by atoms with Crippen molar-refractivity contribution in [1.29, 1.82) is 0 Å². The predicted octanol–water partition coefficient (Wildman–Crippen LogP) is 3.39. The van der Waals surface area contributed by atoms with Crippen molar-refractivity contribution < 1.29 is 9.66 Å². The molecule has 1 aromatic carbocycles. The zero-order valence-electron chi connectivity index (χ0n) is 11.1. The SMILES string of the molecule is CC(NCCOc1ccc([N+](=O)[O-])cc1)c1ccsc1. The van der Waals surface area contributed by atoms with Crippen LogP contribution in [0, 0.1) is 10.1 Å². The zero-order valence-corrected chi connectivity index (χ0v) is 11.9. The van der Waals surface area contributed by atoms with Crippen molar-refractivity contribution >= 4 is 17.0 Å². The van der Waals surface area contributed by atoms with Crippen molar-refractivity contribution in [2.75, 3.05) is 13.2 Å². The average Bonchev–Trinajstić information content (AvgIpc) is 2.98. The van der Waals surface area contributed by atoms with Crippen molar-refractivity contribution in [1.82, 2.24) is 5.32 Å². The maximum absolute atomic E-state index is 10.5. The van der Waals surface area contributed by atoms with Crippen LogP contribution in [0.15, 0.2) is 41.1 Å². The summed E-state index contributed by atoms with van der Waals surface area (Å²) in [6.07, 6.45) is 0. The van der Waals surface area contributed by atoms with E-state index in [0.717, 1.165) is 0 Å². The van der Waals surface area contributed by atoms with Gasteiger partial charge >= 0.3 is 0 Å². The van der Waals surface area contributed by atoms with Crippen LogP contribution in [-0.4, -0.2) is 18.1 Å². The van der Waals surface area contributed by atoms with Gasteiger partial charge in [-0.25, -0.2) is 0 Å². The summed E-state index contributed by atoms with van der Waals surface area (Å²) < 4.78 is 5.53. The fourth-order valence-corrected chi connectivity index (χ4v) is 2.50. The summed E-state index contributed by atoms with van der Waals surface area (Å²) in [6, 6.07) is 8.50. The van der Waals surface area contributed by atoms with E-state index >= 15 is 0 Å². The minimum atomic E-state index is -0.423. The van der Waals surface area contributed by atoms with Gasteiger partial charge in [0.1, 0.15) is 12.4 Å². The Bertz CT molecular complexity index is 540. The molecule has 0 fully saturated rings. The standard InChI is InChI=1S/C14H16N2O3S/c1-11(12-6-9-20-10-12)15-7-8-19-14-4-2-13(3-5-14)16(17)18/h2-6,9-11,15H,7-8H2,1H3. The average molecular weight is 292 g/mol. The van der Waals surface area contributed by atoms with Gasteiger partial charge < -0.3 is 10.1 Å². The lowest BCUT2D eigenvalue weighted by molar-refractivity contribution is -0.384. The van der Waals surface area contributed by atoms with Crippen molar-refractivity contribution in [3.8, 4) is 5.75 Å².